The molecule has 0 aromatic rings. The van der Waals surface area contributed by atoms with Crippen molar-refractivity contribution < 1.29 is 34.6 Å². The van der Waals surface area contributed by atoms with E-state index < -0.39 is 32.0 Å². The average molecular weight is 266 g/mol. The third kappa shape index (κ3) is 8.59. The van der Waals surface area contributed by atoms with Crippen molar-refractivity contribution >= 4 is 26.1 Å². The van der Waals surface area contributed by atoms with Crippen LogP contribution in [0.1, 0.15) is 19.3 Å². The summed E-state index contributed by atoms with van der Waals surface area (Å²) in [5.74, 6) is -4.24. The van der Waals surface area contributed by atoms with Gasteiger partial charge in [-0.25, -0.2) is 0 Å². The zero-order valence-corrected chi connectivity index (χ0v) is 9.97. The fraction of sp³-hybridized carbons (Fsp3) is 0.667. The Kier molecular flexibility index (Phi) is 7.41. The first-order chi connectivity index (χ1) is 7.82. The first-order valence-corrected chi connectivity index (χ1v) is 6.59. The lowest BCUT2D eigenvalue weighted by Gasteiger charge is -2.15. The predicted octanol–water partition coefficient (Wildman–Crippen LogP) is 0.416. The van der Waals surface area contributed by atoms with Crippen molar-refractivity contribution in [3.63, 3.8) is 0 Å². The maximum Gasteiger partial charge on any atom is 0.306 e. The molecule has 2 unspecified atom stereocenters. The van der Waals surface area contributed by atoms with Gasteiger partial charge >= 0.3 is 17.9 Å². The molecule has 4 N–H and O–H groups in total. The second-order valence-corrected chi connectivity index (χ2v) is 5.35. The molecular formula is C9H15O7P. The van der Waals surface area contributed by atoms with Crippen molar-refractivity contribution in [3.05, 3.63) is 0 Å². The summed E-state index contributed by atoms with van der Waals surface area (Å²) in [6.07, 6.45) is -0.587. The van der Waals surface area contributed by atoms with Gasteiger partial charge in [-0.15, -0.1) is 0 Å². The van der Waals surface area contributed by atoms with Crippen molar-refractivity contribution in [2.24, 2.45) is 5.92 Å². The molecule has 0 heterocycles. The van der Waals surface area contributed by atoms with Crippen LogP contribution in [0.25, 0.3) is 0 Å². The van der Waals surface area contributed by atoms with E-state index in [1.807, 2.05) is 0 Å². The molecule has 0 saturated heterocycles. The molecule has 8 heteroatoms. The van der Waals surface area contributed by atoms with Crippen LogP contribution in [-0.2, 0) is 14.4 Å². The highest BCUT2D eigenvalue weighted by molar-refractivity contribution is 7.51. The number of rotatable bonds is 9. The number of carbonyl (C=O) groups is 3. The van der Waals surface area contributed by atoms with E-state index in [9.17, 15) is 19.3 Å². The molecule has 0 aliphatic heterocycles. The quantitative estimate of drug-likeness (QED) is 0.444. The summed E-state index contributed by atoms with van der Waals surface area (Å²) in [7, 11) is -1.67. The Bertz CT molecular complexity index is 291. The molecule has 7 nitrogen and oxygen atoms in total. The van der Waals surface area contributed by atoms with Crippen LogP contribution in [0.3, 0.4) is 0 Å². The lowest BCUT2D eigenvalue weighted by atomic mass is 10.1. The first kappa shape index (κ1) is 15.8. The van der Waals surface area contributed by atoms with E-state index in [1.54, 1.807) is 0 Å². The van der Waals surface area contributed by atoms with Crippen LogP contribution >= 0.6 is 8.15 Å². The van der Waals surface area contributed by atoms with Crippen LogP contribution in [0.15, 0.2) is 0 Å². The minimum atomic E-state index is -1.67. The Hall–Kier alpha value is -1.20. The molecule has 0 aliphatic carbocycles. The number of carboxylic acids is 3. The molecule has 0 amide bonds. The topological polar surface area (TPSA) is 132 Å². The van der Waals surface area contributed by atoms with E-state index in [1.165, 1.54) is 0 Å². The third-order valence-corrected chi connectivity index (χ3v) is 3.67. The molecule has 98 valence electrons. The largest absolute Gasteiger partial charge is 0.481 e. The van der Waals surface area contributed by atoms with Crippen molar-refractivity contribution in [2.45, 2.75) is 19.3 Å². The predicted molar refractivity (Wildman–Crippen MR) is 59.1 cm³/mol. The third-order valence-electron chi connectivity index (χ3n) is 2.07. The molecule has 0 fully saturated rings. The van der Waals surface area contributed by atoms with Crippen LogP contribution in [0.5, 0.6) is 0 Å². The zero-order chi connectivity index (χ0) is 13.4. The fourth-order valence-corrected chi connectivity index (χ4v) is 2.64. The normalized spacial score (nSPS) is 13.9. The zero-order valence-electron chi connectivity index (χ0n) is 9.07. The van der Waals surface area contributed by atoms with E-state index >= 15 is 0 Å². The molecule has 2 atom stereocenters. The molecule has 0 radical (unpaired) electrons. The molecule has 0 aromatic heterocycles. The van der Waals surface area contributed by atoms with Gasteiger partial charge in [-0.2, -0.15) is 0 Å². The van der Waals surface area contributed by atoms with Crippen LogP contribution < -0.4 is 0 Å². The van der Waals surface area contributed by atoms with Gasteiger partial charge in [-0.1, -0.05) is 0 Å². The Morgan fingerprint density at radius 2 is 1.53 bits per heavy atom. The average Bonchev–Trinajstić information content (AvgIpc) is 2.20. The van der Waals surface area contributed by atoms with Gasteiger partial charge in [0.1, 0.15) is 0 Å². The first-order valence-electron chi connectivity index (χ1n) is 4.93. The van der Waals surface area contributed by atoms with Gasteiger partial charge in [0.15, 0.2) is 0 Å². The highest BCUT2D eigenvalue weighted by atomic mass is 31.1. The van der Waals surface area contributed by atoms with Crippen molar-refractivity contribution in [1.82, 2.24) is 0 Å². The smallest absolute Gasteiger partial charge is 0.306 e. The maximum absolute atomic E-state index is 10.8. The molecular weight excluding hydrogens is 251 g/mol. The van der Waals surface area contributed by atoms with Crippen LogP contribution in [0.2, 0.25) is 0 Å². The number of aliphatic carboxylic acids is 3. The Morgan fingerprint density at radius 3 is 1.94 bits per heavy atom. The summed E-state index contributed by atoms with van der Waals surface area (Å²) in [5.41, 5.74) is 0. The monoisotopic (exact) mass is 266 g/mol. The molecule has 17 heavy (non-hydrogen) atoms. The number of hydrogen-bond acceptors (Lipinski definition) is 4. The van der Waals surface area contributed by atoms with Crippen molar-refractivity contribution in [1.29, 1.82) is 0 Å². The molecule has 0 bridgehead atoms. The van der Waals surface area contributed by atoms with Crippen LogP contribution in [0.4, 0.5) is 0 Å². The summed E-state index contributed by atoms with van der Waals surface area (Å²) < 4.78 is 0. The van der Waals surface area contributed by atoms with E-state index in [2.05, 4.69) is 0 Å². The standard InChI is InChI=1S/C9H15O7P/c10-7(11)2-1-6(9(14)15)5-17(16)4-3-8(12)13/h6,16H,1-5H2,(H,10,11)(H,12,13)(H,14,15). The summed E-state index contributed by atoms with van der Waals surface area (Å²) in [5, 5.41) is 25.6. The van der Waals surface area contributed by atoms with Gasteiger partial charge in [-0.05, 0) is 6.42 Å². The molecule has 0 spiro atoms. The van der Waals surface area contributed by atoms with Gasteiger partial charge in [-0.3, -0.25) is 14.4 Å². The highest BCUT2D eigenvalue weighted by Gasteiger charge is 2.22. The highest BCUT2D eigenvalue weighted by Crippen LogP contribution is 2.34. The minimum Gasteiger partial charge on any atom is -0.481 e. The molecule has 0 saturated carbocycles. The van der Waals surface area contributed by atoms with E-state index in [-0.39, 0.29) is 31.6 Å². The van der Waals surface area contributed by atoms with E-state index in [4.69, 9.17) is 15.3 Å². The lowest BCUT2D eigenvalue weighted by molar-refractivity contribution is -0.142. The second kappa shape index (κ2) is 7.97. The van der Waals surface area contributed by atoms with Gasteiger partial charge in [0.2, 0.25) is 0 Å². The second-order valence-electron chi connectivity index (χ2n) is 3.52. The van der Waals surface area contributed by atoms with Crippen molar-refractivity contribution in [2.75, 3.05) is 12.3 Å². The van der Waals surface area contributed by atoms with Gasteiger partial charge in [0.25, 0.3) is 0 Å². The van der Waals surface area contributed by atoms with Crippen molar-refractivity contribution in [3.8, 4) is 0 Å². The van der Waals surface area contributed by atoms with Gasteiger partial charge < -0.3 is 20.2 Å². The molecule has 0 rings (SSSR count). The molecule has 0 aromatic carbocycles. The summed E-state index contributed by atoms with van der Waals surface area (Å²) in [4.78, 5) is 40.8. The van der Waals surface area contributed by atoms with E-state index in [0.717, 1.165) is 0 Å². The summed E-state index contributed by atoms with van der Waals surface area (Å²) in [6, 6.07) is 0. The Labute approximate surface area is 98.9 Å². The number of carboxylic acid groups (broad SMARTS) is 3. The van der Waals surface area contributed by atoms with Crippen LogP contribution in [0, 0.1) is 5.92 Å². The molecule has 0 aliphatic rings. The fourth-order valence-electron chi connectivity index (χ4n) is 1.16. The SMILES string of the molecule is O=C(O)CCC(CP(O)CCC(=O)O)C(=O)O. The summed E-state index contributed by atoms with van der Waals surface area (Å²) >= 11 is 0. The van der Waals surface area contributed by atoms with E-state index in [0.29, 0.717) is 0 Å². The Balaban J connectivity index is 4.10. The van der Waals surface area contributed by atoms with Crippen LogP contribution in [-0.4, -0.2) is 50.4 Å². The van der Waals surface area contributed by atoms with Gasteiger partial charge in [0, 0.05) is 26.9 Å². The summed E-state index contributed by atoms with van der Waals surface area (Å²) in [6.45, 7) is 0. The number of hydrogen-bond donors (Lipinski definition) is 4. The lowest BCUT2D eigenvalue weighted by Crippen LogP contribution is -2.19. The Morgan fingerprint density at radius 1 is 1.00 bits per heavy atom. The maximum atomic E-state index is 10.8. The van der Waals surface area contributed by atoms with Gasteiger partial charge in [0.05, 0.1) is 12.3 Å². The minimum absolute atomic E-state index is 0.0293.